The summed E-state index contributed by atoms with van der Waals surface area (Å²) in [6.45, 7) is 12.9. The molecule has 0 spiro atoms. The molecule has 2 N–H and O–H groups in total. The molecular formula is C23H33N5O3S. The zero-order chi connectivity index (χ0) is 23.1. The van der Waals surface area contributed by atoms with Crippen molar-refractivity contribution < 1.29 is 14.3 Å². The number of carbonyl (C=O) groups excluding carboxylic acids is 2. The molecule has 0 saturated carbocycles. The predicted octanol–water partition coefficient (Wildman–Crippen LogP) is 3.26. The quantitative estimate of drug-likeness (QED) is 0.633. The number of morpholine rings is 1. The summed E-state index contributed by atoms with van der Waals surface area (Å²) in [7, 11) is 0. The maximum Gasteiger partial charge on any atom is 0.322 e. The summed E-state index contributed by atoms with van der Waals surface area (Å²) in [6.07, 6.45) is 0. The van der Waals surface area contributed by atoms with Crippen molar-refractivity contribution in [2.45, 2.75) is 40.3 Å². The molecule has 2 heterocycles. The summed E-state index contributed by atoms with van der Waals surface area (Å²) in [5, 5.41) is 8.45. The largest absolute Gasteiger partial charge is 0.379 e. The molecular weight excluding hydrogens is 426 g/mol. The summed E-state index contributed by atoms with van der Waals surface area (Å²) in [5.41, 5.74) is 3.27. The van der Waals surface area contributed by atoms with Crippen LogP contribution in [0.4, 0.5) is 10.5 Å². The number of hydrogen-bond donors (Lipinski definition) is 2. The molecule has 174 valence electrons. The number of anilines is 1. The summed E-state index contributed by atoms with van der Waals surface area (Å²) >= 11 is 1.39. The van der Waals surface area contributed by atoms with Gasteiger partial charge < -0.3 is 20.3 Å². The standard InChI is InChI=1S/C23H33N5O3S/c1-16(2)28(23(30)26-21-17(3)6-5-7-18(21)4)14-20-25-19(15-32-20)22(29)24-8-9-27-10-12-31-13-11-27/h5-7,15-16H,8-14H2,1-4H3,(H,24,29)(H,26,30). The normalized spacial score (nSPS) is 14.4. The molecule has 1 fully saturated rings. The van der Waals surface area contributed by atoms with E-state index in [1.54, 1.807) is 10.3 Å². The van der Waals surface area contributed by atoms with Crippen LogP contribution in [-0.2, 0) is 11.3 Å². The number of benzene rings is 1. The molecule has 0 atom stereocenters. The second kappa shape index (κ2) is 11.4. The highest BCUT2D eigenvalue weighted by atomic mass is 32.1. The highest BCUT2D eigenvalue weighted by Gasteiger charge is 2.21. The second-order valence-electron chi connectivity index (χ2n) is 8.26. The number of urea groups is 1. The molecule has 3 rings (SSSR count). The Morgan fingerprint density at radius 2 is 1.91 bits per heavy atom. The molecule has 0 bridgehead atoms. The number of hydrogen-bond acceptors (Lipinski definition) is 6. The lowest BCUT2D eigenvalue weighted by molar-refractivity contribution is 0.0383. The number of para-hydroxylation sites is 1. The fourth-order valence-corrected chi connectivity index (χ4v) is 4.33. The molecule has 2 aromatic rings. The Kier molecular flexibility index (Phi) is 8.60. The van der Waals surface area contributed by atoms with E-state index < -0.39 is 0 Å². The van der Waals surface area contributed by atoms with E-state index in [9.17, 15) is 9.59 Å². The van der Waals surface area contributed by atoms with Gasteiger partial charge >= 0.3 is 6.03 Å². The Morgan fingerprint density at radius 1 is 1.22 bits per heavy atom. The van der Waals surface area contributed by atoms with Crippen LogP contribution >= 0.6 is 11.3 Å². The summed E-state index contributed by atoms with van der Waals surface area (Å²) in [6, 6.07) is 5.74. The maximum atomic E-state index is 13.0. The Hall–Kier alpha value is -2.49. The van der Waals surface area contributed by atoms with Crippen LogP contribution in [0.5, 0.6) is 0 Å². The predicted molar refractivity (Wildman–Crippen MR) is 127 cm³/mol. The average molecular weight is 460 g/mol. The van der Waals surface area contributed by atoms with Gasteiger partial charge in [0.05, 0.1) is 19.8 Å². The van der Waals surface area contributed by atoms with Crippen molar-refractivity contribution in [3.63, 3.8) is 0 Å². The molecule has 0 unspecified atom stereocenters. The third-order valence-corrected chi connectivity index (χ3v) is 6.34. The lowest BCUT2D eigenvalue weighted by Crippen LogP contribution is -2.41. The van der Waals surface area contributed by atoms with Gasteiger partial charge in [0.1, 0.15) is 10.7 Å². The molecule has 1 aliphatic heterocycles. The van der Waals surface area contributed by atoms with Crippen molar-refractivity contribution in [2.75, 3.05) is 44.7 Å². The van der Waals surface area contributed by atoms with Gasteiger partial charge in [-0.05, 0) is 38.8 Å². The fraction of sp³-hybridized carbons (Fsp3) is 0.522. The number of carbonyl (C=O) groups is 2. The first-order chi connectivity index (χ1) is 15.3. The number of nitrogens with one attached hydrogen (secondary N) is 2. The highest BCUT2D eigenvalue weighted by Crippen LogP contribution is 2.21. The monoisotopic (exact) mass is 459 g/mol. The SMILES string of the molecule is Cc1cccc(C)c1NC(=O)N(Cc1nc(C(=O)NCCN2CCOCC2)cs1)C(C)C. The van der Waals surface area contributed by atoms with Gasteiger partial charge in [-0.25, -0.2) is 9.78 Å². The van der Waals surface area contributed by atoms with Crippen LogP contribution in [0.25, 0.3) is 0 Å². The molecule has 1 aliphatic rings. The van der Waals surface area contributed by atoms with Gasteiger partial charge in [0.25, 0.3) is 5.91 Å². The molecule has 0 radical (unpaired) electrons. The number of aromatic nitrogens is 1. The topological polar surface area (TPSA) is 86.8 Å². The fourth-order valence-electron chi connectivity index (χ4n) is 3.56. The van der Waals surface area contributed by atoms with E-state index >= 15 is 0 Å². The third kappa shape index (κ3) is 6.51. The average Bonchev–Trinajstić information content (AvgIpc) is 3.24. The van der Waals surface area contributed by atoms with Crippen molar-refractivity contribution in [2.24, 2.45) is 0 Å². The second-order valence-corrected chi connectivity index (χ2v) is 9.20. The Bertz CT molecular complexity index is 904. The van der Waals surface area contributed by atoms with Crippen molar-refractivity contribution >= 4 is 29.0 Å². The summed E-state index contributed by atoms with van der Waals surface area (Å²) < 4.78 is 5.34. The van der Waals surface area contributed by atoms with Gasteiger partial charge in [0, 0.05) is 43.3 Å². The number of nitrogens with zero attached hydrogens (tertiary/aromatic N) is 3. The molecule has 1 aromatic heterocycles. The number of rotatable bonds is 8. The van der Waals surface area contributed by atoms with E-state index in [4.69, 9.17) is 4.74 Å². The van der Waals surface area contributed by atoms with Crippen LogP contribution in [0, 0.1) is 13.8 Å². The maximum absolute atomic E-state index is 13.0. The van der Waals surface area contributed by atoms with Crippen LogP contribution in [0.2, 0.25) is 0 Å². The first-order valence-corrected chi connectivity index (χ1v) is 11.9. The minimum atomic E-state index is -0.183. The number of amides is 3. The lowest BCUT2D eigenvalue weighted by atomic mass is 10.1. The Balaban J connectivity index is 1.56. The van der Waals surface area contributed by atoms with Crippen LogP contribution < -0.4 is 10.6 Å². The van der Waals surface area contributed by atoms with Gasteiger partial charge in [-0.2, -0.15) is 0 Å². The smallest absolute Gasteiger partial charge is 0.322 e. The molecule has 0 aliphatic carbocycles. The zero-order valence-corrected chi connectivity index (χ0v) is 20.1. The molecule has 8 nitrogen and oxygen atoms in total. The van der Waals surface area contributed by atoms with E-state index in [-0.39, 0.29) is 18.0 Å². The van der Waals surface area contributed by atoms with Gasteiger partial charge in [0.15, 0.2) is 0 Å². The van der Waals surface area contributed by atoms with Crippen LogP contribution in [0.3, 0.4) is 0 Å². The summed E-state index contributed by atoms with van der Waals surface area (Å²) in [4.78, 5) is 33.9. The number of ether oxygens (including phenoxy) is 1. The molecule has 1 aromatic carbocycles. The molecule has 1 saturated heterocycles. The lowest BCUT2D eigenvalue weighted by Gasteiger charge is -2.27. The van der Waals surface area contributed by atoms with Crippen molar-refractivity contribution in [1.82, 2.24) is 20.1 Å². The van der Waals surface area contributed by atoms with E-state index in [2.05, 4.69) is 20.5 Å². The molecule has 9 heteroatoms. The zero-order valence-electron chi connectivity index (χ0n) is 19.3. The minimum Gasteiger partial charge on any atom is -0.379 e. The van der Waals surface area contributed by atoms with Gasteiger partial charge in [0.2, 0.25) is 0 Å². The Labute approximate surface area is 194 Å². The van der Waals surface area contributed by atoms with Gasteiger partial charge in [-0.3, -0.25) is 9.69 Å². The van der Waals surface area contributed by atoms with Crippen LogP contribution in [0.15, 0.2) is 23.6 Å². The first-order valence-electron chi connectivity index (χ1n) is 11.0. The highest BCUT2D eigenvalue weighted by molar-refractivity contribution is 7.09. The minimum absolute atomic E-state index is 0.0194. The van der Waals surface area contributed by atoms with Crippen molar-refractivity contribution in [3.05, 3.63) is 45.4 Å². The summed E-state index contributed by atoms with van der Waals surface area (Å²) in [5.74, 6) is -0.183. The Morgan fingerprint density at radius 3 is 2.56 bits per heavy atom. The van der Waals surface area contributed by atoms with Crippen molar-refractivity contribution in [1.29, 1.82) is 0 Å². The van der Waals surface area contributed by atoms with Crippen LogP contribution in [0.1, 0.15) is 40.5 Å². The first kappa shape index (κ1) is 24.2. The molecule has 32 heavy (non-hydrogen) atoms. The van der Waals surface area contributed by atoms with E-state index in [0.717, 1.165) is 54.7 Å². The van der Waals surface area contributed by atoms with Crippen LogP contribution in [-0.4, -0.2) is 72.2 Å². The number of aryl methyl sites for hydroxylation is 2. The van der Waals surface area contributed by atoms with E-state index in [0.29, 0.717) is 18.8 Å². The molecule has 3 amide bonds. The third-order valence-electron chi connectivity index (χ3n) is 5.50. The van der Waals surface area contributed by atoms with Gasteiger partial charge in [-0.1, -0.05) is 18.2 Å². The van der Waals surface area contributed by atoms with Gasteiger partial charge in [-0.15, -0.1) is 11.3 Å². The van der Waals surface area contributed by atoms with Crippen molar-refractivity contribution in [3.8, 4) is 0 Å². The number of thiazole rings is 1. The van der Waals surface area contributed by atoms with E-state index in [1.165, 1.54) is 11.3 Å². The van der Waals surface area contributed by atoms with E-state index in [1.807, 2.05) is 45.9 Å².